The van der Waals surface area contributed by atoms with Crippen molar-refractivity contribution in [3.63, 3.8) is 0 Å². The molecule has 0 saturated heterocycles. The molecule has 6 nitrogen and oxygen atoms in total. The van der Waals surface area contributed by atoms with Crippen molar-refractivity contribution < 1.29 is 0 Å². The molecular weight excluding hydrogens is 216 g/mol. The van der Waals surface area contributed by atoms with Gasteiger partial charge in [-0.3, -0.25) is 5.01 Å². The minimum Gasteiger partial charge on any atom is -0.401 e. The number of aromatic nitrogens is 1. The van der Waals surface area contributed by atoms with Crippen LogP contribution in [0.4, 0.5) is 17.2 Å². The zero-order valence-corrected chi connectivity index (χ0v) is 10.3. The fourth-order valence-electron chi connectivity index (χ4n) is 2.24. The number of allylic oxidation sites excluding steroid dienone is 1. The van der Waals surface area contributed by atoms with E-state index in [1.54, 1.807) is 11.2 Å². The minimum atomic E-state index is 0.0593. The first-order valence-corrected chi connectivity index (χ1v) is 5.43. The van der Waals surface area contributed by atoms with Gasteiger partial charge in [0.2, 0.25) is 0 Å². The predicted molar refractivity (Wildman–Crippen MR) is 70.1 cm³/mol. The number of fused-ring (bicyclic) bond motifs is 1. The highest BCUT2D eigenvalue weighted by Crippen LogP contribution is 2.40. The van der Waals surface area contributed by atoms with Crippen LogP contribution in [0.25, 0.3) is 0 Å². The van der Waals surface area contributed by atoms with E-state index in [0.717, 1.165) is 17.1 Å². The molecule has 0 spiro atoms. The number of rotatable bonds is 0. The van der Waals surface area contributed by atoms with Crippen molar-refractivity contribution in [2.75, 3.05) is 22.7 Å². The van der Waals surface area contributed by atoms with Gasteiger partial charge >= 0.3 is 0 Å². The normalized spacial score (nSPS) is 22.5. The minimum absolute atomic E-state index is 0.0593. The van der Waals surface area contributed by atoms with Gasteiger partial charge in [0.1, 0.15) is 11.5 Å². The molecule has 2 heterocycles. The molecule has 1 atom stereocenters. The summed E-state index contributed by atoms with van der Waals surface area (Å²) in [7, 11) is 1.96. The lowest BCUT2D eigenvalue weighted by atomic mass is 10.1. The van der Waals surface area contributed by atoms with Crippen LogP contribution in [0.15, 0.2) is 23.7 Å². The second-order valence-corrected chi connectivity index (χ2v) is 4.29. The molecule has 1 aliphatic heterocycles. The molecule has 1 aromatic rings. The Morgan fingerprint density at radius 1 is 1.47 bits per heavy atom. The number of hydrogen-bond donors (Lipinski definition) is 3. The van der Waals surface area contributed by atoms with E-state index in [0.29, 0.717) is 11.5 Å². The molecule has 0 saturated carbocycles. The van der Waals surface area contributed by atoms with Crippen LogP contribution in [0, 0.1) is 0 Å². The molecule has 1 aromatic heterocycles. The molecule has 6 heteroatoms. The largest absolute Gasteiger partial charge is 0.401 e. The molecule has 1 unspecified atom stereocenters. The summed E-state index contributed by atoms with van der Waals surface area (Å²) < 4.78 is 0. The molecule has 0 aromatic carbocycles. The molecule has 0 radical (unpaired) electrons. The van der Waals surface area contributed by atoms with Crippen molar-refractivity contribution in [2.24, 2.45) is 11.6 Å². The number of pyridine rings is 1. The summed E-state index contributed by atoms with van der Waals surface area (Å²) in [6, 6.07) is 1.89. The molecule has 1 aliphatic rings. The number of hydrogen-bond acceptors (Lipinski definition) is 6. The summed E-state index contributed by atoms with van der Waals surface area (Å²) >= 11 is 0. The Kier molecular flexibility index (Phi) is 2.59. The maximum absolute atomic E-state index is 6.10. The molecule has 17 heavy (non-hydrogen) atoms. The molecule has 0 aliphatic carbocycles. The Morgan fingerprint density at radius 3 is 2.71 bits per heavy atom. The SMILES string of the molecule is C/C(N)=C1\C(C)N(C)c2c(ccnc2N)N1N. The van der Waals surface area contributed by atoms with E-state index in [1.807, 2.05) is 31.9 Å². The van der Waals surface area contributed by atoms with Gasteiger partial charge in [-0.1, -0.05) is 0 Å². The van der Waals surface area contributed by atoms with Gasteiger partial charge in [0.15, 0.2) is 0 Å². The Labute approximate surface area is 101 Å². The van der Waals surface area contributed by atoms with Crippen LogP contribution in [0.3, 0.4) is 0 Å². The fourth-order valence-corrected chi connectivity index (χ4v) is 2.24. The van der Waals surface area contributed by atoms with E-state index >= 15 is 0 Å². The summed E-state index contributed by atoms with van der Waals surface area (Å²) in [6.45, 7) is 3.87. The number of nitrogen functional groups attached to an aromatic ring is 1. The molecule has 2 rings (SSSR count). The van der Waals surface area contributed by atoms with Crippen molar-refractivity contribution in [2.45, 2.75) is 19.9 Å². The Bertz CT molecular complexity index is 477. The van der Waals surface area contributed by atoms with Gasteiger partial charge in [0.05, 0.1) is 17.4 Å². The number of anilines is 3. The van der Waals surface area contributed by atoms with Crippen LogP contribution in [-0.4, -0.2) is 18.1 Å². The number of hydrazine groups is 1. The first kappa shape index (κ1) is 11.5. The Balaban J connectivity index is 2.67. The molecule has 6 N–H and O–H groups in total. The van der Waals surface area contributed by atoms with E-state index in [4.69, 9.17) is 17.3 Å². The average molecular weight is 234 g/mol. The van der Waals surface area contributed by atoms with Crippen LogP contribution in [0.1, 0.15) is 13.8 Å². The smallest absolute Gasteiger partial charge is 0.149 e. The van der Waals surface area contributed by atoms with Gasteiger partial charge in [0.25, 0.3) is 0 Å². The van der Waals surface area contributed by atoms with Crippen molar-refractivity contribution in [3.05, 3.63) is 23.7 Å². The predicted octanol–water partition coefficient (Wildman–Crippen LogP) is 0.372. The standard InChI is InChI=1S/C11H18N6/c1-6(12)9-7(2)16(3)10-8(17(9)14)4-5-15-11(10)13/h4-5,7H,12,14H2,1-3H3,(H2,13,15)/b9-6-. The quantitative estimate of drug-likeness (QED) is 0.561. The maximum atomic E-state index is 6.10. The molecular formula is C11H18N6. The van der Waals surface area contributed by atoms with E-state index in [-0.39, 0.29) is 6.04 Å². The Hall–Kier alpha value is -1.95. The lowest BCUT2D eigenvalue weighted by Crippen LogP contribution is -2.48. The third kappa shape index (κ3) is 1.57. The molecule has 0 fully saturated rings. The van der Waals surface area contributed by atoms with Gasteiger partial charge in [-0.15, -0.1) is 0 Å². The van der Waals surface area contributed by atoms with Gasteiger partial charge in [0, 0.05) is 18.9 Å². The monoisotopic (exact) mass is 234 g/mol. The van der Waals surface area contributed by atoms with Gasteiger partial charge in [-0.25, -0.2) is 10.8 Å². The number of nitrogens with two attached hydrogens (primary N) is 3. The van der Waals surface area contributed by atoms with Gasteiger partial charge < -0.3 is 16.4 Å². The van der Waals surface area contributed by atoms with Crippen LogP contribution >= 0.6 is 0 Å². The highest BCUT2D eigenvalue weighted by molar-refractivity contribution is 5.84. The first-order chi connectivity index (χ1) is 7.95. The maximum Gasteiger partial charge on any atom is 0.149 e. The molecule has 92 valence electrons. The van der Waals surface area contributed by atoms with E-state index < -0.39 is 0 Å². The lowest BCUT2D eigenvalue weighted by Gasteiger charge is -2.41. The zero-order chi connectivity index (χ0) is 12.7. The van der Waals surface area contributed by atoms with Gasteiger partial charge in [-0.2, -0.15) is 0 Å². The highest BCUT2D eigenvalue weighted by Gasteiger charge is 2.31. The fraction of sp³-hybridized carbons (Fsp3) is 0.364. The van der Waals surface area contributed by atoms with Crippen LogP contribution < -0.4 is 27.2 Å². The Morgan fingerprint density at radius 2 is 2.12 bits per heavy atom. The summed E-state index contributed by atoms with van der Waals surface area (Å²) in [6.07, 6.45) is 1.64. The van der Waals surface area contributed by atoms with Gasteiger partial charge in [-0.05, 0) is 19.9 Å². The number of likely N-dealkylation sites (N-methyl/N-ethyl adjacent to an activating group) is 1. The van der Waals surface area contributed by atoms with E-state index in [2.05, 4.69) is 4.98 Å². The second-order valence-electron chi connectivity index (χ2n) is 4.29. The van der Waals surface area contributed by atoms with Crippen LogP contribution in [-0.2, 0) is 0 Å². The zero-order valence-electron chi connectivity index (χ0n) is 10.3. The number of nitrogens with zero attached hydrogens (tertiary/aromatic N) is 3. The summed E-state index contributed by atoms with van der Waals surface area (Å²) in [5.41, 5.74) is 15.0. The third-order valence-electron chi connectivity index (χ3n) is 3.18. The highest BCUT2D eigenvalue weighted by atomic mass is 15.5. The second kappa shape index (κ2) is 3.81. The van der Waals surface area contributed by atoms with E-state index in [9.17, 15) is 0 Å². The van der Waals surface area contributed by atoms with Crippen LogP contribution in [0.5, 0.6) is 0 Å². The molecule has 0 bridgehead atoms. The first-order valence-electron chi connectivity index (χ1n) is 5.43. The van der Waals surface area contributed by atoms with Crippen molar-refractivity contribution >= 4 is 17.2 Å². The summed E-state index contributed by atoms with van der Waals surface area (Å²) in [4.78, 5) is 6.12. The summed E-state index contributed by atoms with van der Waals surface area (Å²) in [5, 5.41) is 1.59. The summed E-state index contributed by atoms with van der Waals surface area (Å²) in [5.74, 6) is 6.57. The topological polar surface area (TPSA) is 97.4 Å². The van der Waals surface area contributed by atoms with Crippen LogP contribution in [0.2, 0.25) is 0 Å². The average Bonchev–Trinajstić information content (AvgIpc) is 2.25. The van der Waals surface area contributed by atoms with Crippen molar-refractivity contribution in [1.29, 1.82) is 0 Å². The van der Waals surface area contributed by atoms with Crippen molar-refractivity contribution in [3.8, 4) is 0 Å². The third-order valence-corrected chi connectivity index (χ3v) is 3.18. The lowest BCUT2D eigenvalue weighted by molar-refractivity contribution is 0.698. The van der Waals surface area contributed by atoms with E-state index in [1.165, 1.54) is 0 Å². The van der Waals surface area contributed by atoms with Crippen molar-refractivity contribution in [1.82, 2.24) is 4.98 Å². The molecule has 0 amide bonds.